The van der Waals surface area contributed by atoms with Crippen LogP contribution in [0, 0.1) is 12.7 Å². The van der Waals surface area contributed by atoms with Crippen molar-refractivity contribution in [1.82, 2.24) is 4.90 Å². The van der Waals surface area contributed by atoms with Crippen LogP contribution < -0.4 is 0 Å². The molecule has 1 aromatic rings. The molecule has 1 N–H and O–H groups in total. The van der Waals surface area contributed by atoms with Gasteiger partial charge in [-0.15, -0.1) is 0 Å². The molecule has 0 bridgehead atoms. The first-order valence-corrected chi connectivity index (χ1v) is 7.16. The normalized spacial score (nSPS) is 17.3. The lowest BCUT2D eigenvalue weighted by Gasteiger charge is -2.41. The number of halogens is 1. The second-order valence-electron chi connectivity index (χ2n) is 5.73. The summed E-state index contributed by atoms with van der Waals surface area (Å²) in [7, 11) is 1.53. The first kappa shape index (κ1) is 15.5. The Kier molecular flexibility index (Phi) is 4.30. The van der Waals surface area contributed by atoms with Crippen molar-refractivity contribution in [2.75, 3.05) is 7.05 Å². The summed E-state index contributed by atoms with van der Waals surface area (Å²) < 4.78 is 13.3. The topological polar surface area (TPSA) is 57.6 Å². The number of hydrogen-bond donors (Lipinski definition) is 1. The summed E-state index contributed by atoms with van der Waals surface area (Å²) in [6, 6.07) is 4.11. The number of aryl methyl sites for hydroxylation is 1. The van der Waals surface area contributed by atoms with Gasteiger partial charge in [0.1, 0.15) is 11.4 Å². The number of amides is 1. The maximum Gasteiger partial charge on any atom is 0.329 e. The molecule has 1 aliphatic carbocycles. The molecule has 0 aromatic heterocycles. The number of carboxylic acids is 1. The van der Waals surface area contributed by atoms with E-state index in [2.05, 4.69) is 0 Å². The first-order chi connectivity index (χ1) is 9.88. The molecule has 1 fully saturated rings. The zero-order valence-corrected chi connectivity index (χ0v) is 12.4. The Hall–Kier alpha value is -1.91. The molecule has 114 valence electrons. The van der Waals surface area contributed by atoms with Gasteiger partial charge in [0.2, 0.25) is 0 Å². The lowest BCUT2D eigenvalue weighted by atomic mass is 9.80. The molecule has 0 radical (unpaired) electrons. The summed E-state index contributed by atoms with van der Waals surface area (Å²) in [6.07, 6.45) is 3.51. The lowest BCUT2D eigenvalue weighted by molar-refractivity contribution is -0.151. The van der Waals surface area contributed by atoms with Crippen molar-refractivity contribution in [3.8, 4) is 0 Å². The molecular formula is C16H20FNO3. The molecule has 1 aromatic carbocycles. The van der Waals surface area contributed by atoms with Crippen LogP contribution in [-0.2, 0) is 4.79 Å². The first-order valence-electron chi connectivity index (χ1n) is 7.16. The summed E-state index contributed by atoms with van der Waals surface area (Å²) >= 11 is 0. The third kappa shape index (κ3) is 2.77. The SMILES string of the molecule is Cc1cc(C(=O)N(C)C2(C(=O)O)CCCCC2)ccc1F. The van der Waals surface area contributed by atoms with Crippen LogP contribution in [0.4, 0.5) is 4.39 Å². The minimum absolute atomic E-state index is 0.322. The highest BCUT2D eigenvalue weighted by atomic mass is 19.1. The van der Waals surface area contributed by atoms with E-state index in [0.29, 0.717) is 24.0 Å². The van der Waals surface area contributed by atoms with Crippen molar-refractivity contribution in [2.45, 2.75) is 44.6 Å². The number of carbonyl (C=O) groups excluding carboxylic acids is 1. The third-order valence-electron chi connectivity index (χ3n) is 4.43. The molecule has 1 amide bonds. The number of aliphatic carboxylic acids is 1. The smallest absolute Gasteiger partial charge is 0.329 e. The van der Waals surface area contributed by atoms with E-state index in [1.807, 2.05) is 0 Å². The fourth-order valence-electron chi connectivity index (χ4n) is 3.00. The van der Waals surface area contributed by atoms with E-state index >= 15 is 0 Å². The number of likely N-dealkylation sites (N-methyl/N-ethyl adjacent to an activating group) is 1. The van der Waals surface area contributed by atoms with Crippen molar-refractivity contribution in [3.63, 3.8) is 0 Å². The van der Waals surface area contributed by atoms with Gasteiger partial charge in [-0.05, 0) is 43.5 Å². The Morgan fingerprint density at radius 2 is 1.86 bits per heavy atom. The largest absolute Gasteiger partial charge is 0.479 e. The van der Waals surface area contributed by atoms with E-state index in [1.165, 1.54) is 30.1 Å². The number of hydrogen-bond acceptors (Lipinski definition) is 2. The van der Waals surface area contributed by atoms with Gasteiger partial charge in [-0.1, -0.05) is 19.3 Å². The zero-order chi connectivity index (χ0) is 15.6. The van der Waals surface area contributed by atoms with Crippen LogP contribution in [0.5, 0.6) is 0 Å². The number of rotatable bonds is 3. The maximum atomic E-state index is 13.3. The van der Waals surface area contributed by atoms with Gasteiger partial charge in [0.15, 0.2) is 0 Å². The molecule has 2 rings (SSSR count). The summed E-state index contributed by atoms with van der Waals surface area (Å²) in [4.78, 5) is 25.6. The number of benzene rings is 1. The molecule has 0 saturated heterocycles. The van der Waals surface area contributed by atoms with Crippen LogP contribution in [-0.4, -0.2) is 34.5 Å². The molecular weight excluding hydrogens is 273 g/mol. The van der Waals surface area contributed by atoms with Crippen LogP contribution in [0.3, 0.4) is 0 Å². The van der Waals surface area contributed by atoms with Gasteiger partial charge in [-0.25, -0.2) is 9.18 Å². The van der Waals surface area contributed by atoms with Gasteiger partial charge >= 0.3 is 5.97 Å². The molecule has 1 saturated carbocycles. The second kappa shape index (κ2) is 5.84. The van der Waals surface area contributed by atoms with E-state index in [4.69, 9.17) is 0 Å². The Morgan fingerprint density at radius 1 is 1.24 bits per heavy atom. The van der Waals surface area contributed by atoms with Gasteiger partial charge < -0.3 is 10.0 Å². The molecule has 21 heavy (non-hydrogen) atoms. The van der Waals surface area contributed by atoms with E-state index in [9.17, 15) is 19.1 Å². The predicted octanol–water partition coefficient (Wildman–Crippen LogP) is 2.99. The minimum atomic E-state index is -1.14. The molecule has 0 heterocycles. The highest BCUT2D eigenvalue weighted by Gasteiger charge is 2.45. The Labute approximate surface area is 123 Å². The summed E-state index contributed by atoms with van der Waals surface area (Å²) in [5, 5.41) is 9.60. The molecule has 4 nitrogen and oxygen atoms in total. The van der Waals surface area contributed by atoms with Crippen molar-refractivity contribution in [3.05, 3.63) is 35.1 Å². The fourth-order valence-corrected chi connectivity index (χ4v) is 3.00. The van der Waals surface area contributed by atoms with Crippen molar-refractivity contribution in [1.29, 1.82) is 0 Å². The van der Waals surface area contributed by atoms with Gasteiger partial charge in [0.05, 0.1) is 0 Å². The predicted molar refractivity (Wildman–Crippen MR) is 76.7 cm³/mol. The molecule has 0 spiro atoms. The molecule has 0 aliphatic heterocycles. The molecule has 0 unspecified atom stereocenters. The van der Waals surface area contributed by atoms with Crippen LogP contribution in [0.2, 0.25) is 0 Å². The molecule has 5 heteroatoms. The van der Waals surface area contributed by atoms with Crippen molar-refractivity contribution >= 4 is 11.9 Å². The molecule has 1 aliphatic rings. The van der Waals surface area contributed by atoms with E-state index in [1.54, 1.807) is 6.92 Å². The third-order valence-corrected chi connectivity index (χ3v) is 4.43. The average Bonchev–Trinajstić information content (AvgIpc) is 2.49. The number of carboxylic acid groups (broad SMARTS) is 1. The lowest BCUT2D eigenvalue weighted by Crippen LogP contribution is -2.56. The summed E-state index contributed by atoms with van der Waals surface area (Å²) in [6.45, 7) is 1.58. The highest BCUT2D eigenvalue weighted by Crippen LogP contribution is 2.34. The Balaban J connectivity index is 2.31. The quantitative estimate of drug-likeness (QED) is 0.932. The summed E-state index contributed by atoms with van der Waals surface area (Å²) in [5.41, 5.74) is -0.442. The van der Waals surface area contributed by atoms with E-state index in [0.717, 1.165) is 19.3 Å². The highest BCUT2D eigenvalue weighted by molar-refractivity contribution is 5.97. The average molecular weight is 293 g/mol. The van der Waals surface area contributed by atoms with Crippen LogP contribution in [0.15, 0.2) is 18.2 Å². The standard InChI is InChI=1S/C16H20FNO3/c1-11-10-12(6-7-13(11)17)14(19)18(2)16(15(20)21)8-4-3-5-9-16/h6-7,10H,3-5,8-9H2,1-2H3,(H,20,21). The second-order valence-corrected chi connectivity index (χ2v) is 5.73. The minimum Gasteiger partial charge on any atom is -0.479 e. The van der Waals surface area contributed by atoms with E-state index in [-0.39, 0.29) is 11.7 Å². The molecule has 0 atom stereocenters. The monoisotopic (exact) mass is 293 g/mol. The zero-order valence-electron chi connectivity index (χ0n) is 12.4. The van der Waals surface area contributed by atoms with Gasteiger partial charge in [-0.2, -0.15) is 0 Å². The van der Waals surface area contributed by atoms with Gasteiger partial charge in [-0.3, -0.25) is 4.79 Å². The van der Waals surface area contributed by atoms with Crippen LogP contribution in [0.25, 0.3) is 0 Å². The number of nitrogens with zero attached hydrogens (tertiary/aromatic N) is 1. The van der Waals surface area contributed by atoms with Crippen LogP contribution >= 0.6 is 0 Å². The van der Waals surface area contributed by atoms with Crippen molar-refractivity contribution < 1.29 is 19.1 Å². The van der Waals surface area contributed by atoms with Crippen molar-refractivity contribution in [2.24, 2.45) is 0 Å². The van der Waals surface area contributed by atoms with Gasteiger partial charge in [0, 0.05) is 12.6 Å². The Bertz CT molecular complexity index is 565. The van der Waals surface area contributed by atoms with Crippen LogP contribution in [0.1, 0.15) is 48.0 Å². The van der Waals surface area contributed by atoms with Gasteiger partial charge in [0.25, 0.3) is 5.91 Å². The summed E-state index contributed by atoms with van der Waals surface area (Å²) in [5.74, 6) is -1.71. The maximum absolute atomic E-state index is 13.3. The number of carbonyl (C=O) groups is 2. The fraction of sp³-hybridized carbons (Fsp3) is 0.500. The van der Waals surface area contributed by atoms with E-state index < -0.39 is 11.5 Å². The Morgan fingerprint density at radius 3 is 2.38 bits per heavy atom.